The number of fused-ring (bicyclic) bond motifs is 1. The van der Waals surface area contributed by atoms with E-state index in [2.05, 4.69) is 48.9 Å². The van der Waals surface area contributed by atoms with Gasteiger partial charge in [0.05, 0.1) is 28.8 Å². The van der Waals surface area contributed by atoms with Crippen molar-refractivity contribution in [2.24, 2.45) is 0 Å². The van der Waals surface area contributed by atoms with Crippen molar-refractivity contribution in [1.82, 2.24) is 15.5 Å². The Labute approximate surface area is 159 Å². The lowest BCUT2D eigenvalue weighted by Gasteiger charge is -2.29. The van der Waals surface area contributed by atoms with Gasteiger partial charge < -0.3 is 10.6 Å². The van der Waals surface area contributed by atoms with Crippen molar-refractivity contribution < 1.29 is 0 Å². The number of benzene rings is 1. The molecule has 1 aromatic carbocycles. The average molecular weight is 407 g/mol. The van der Waals surface area contributed by atoms with E-state index in [-0.39, 0.29) is 5.92 Å². The Morgan fingerprint density at radius 1 is 1.19 bits per heavy atom. The van der Waals surface area contributed by atoms with Crippen LogP contribution < -0.4 is 10.6 Å². The molecule has 2 aromatic rings. The lowest BCUT2D eigenvalue weighted by molar-refractivity contribution is 0.700. The van der Waals surface area contributed by atoms with Crippen LogP contribution in [0.4, 0.5) is 5.82 Å². The van der Waals surface area contributed by atoms with Crippen molar-refractivity contribution in [2.45, 2.75) is 18.8 Å². The molecule has 1 aromatic heterocycles. The summed E-state index contributed by atoms with van der Waals surface area (Å²) >= 11 is 3.56. The van der Waals surface area contributed by atoms with Crippen molar-refractivity contribution in [3.05, 3.63) is 68.6 Å². The fraction of sp³-hybridized carbons (Fsp3) is 0.211. The molecule has 0 radical (unpaired) electrons. The molecular formula is C19H15BrN6. The summed E-state index contributed by atoms with van der Waals surface area (Å²) in [5, 5.41) is 33.1. The highest BCUT2D eigenvalue weighted by Crippen LogP contribution is 2.45. The third-order valence-electron chi connectivity index (χ3n) is 4.73. The summed E-state index contributed by atoms with van der Waals surface area (Å²) in [6, 6.07) is 10.1. The first kappa shape index (κ1) is 16.4. The molecule has 0 fully saturated rings. The molecule has 2 aliphatic heterocycles. The maximum atomic E-state index is 10.00. The van der Waals surface area contributed by atoms with Crippen LogP contribution in [0, 0.1) is 22.7 Å². The second-order valence-electron chi connectivity index (χ2n) is 6.20. The van der Waals surface area contributed by atoms with E-state index in [4.69, 9.17) is 0 Å². The number of aromatic amines is 1. The number of halogens is 1. The molecule has 4 rings (SSSR count). The van der Waals surface area contributed by atoms with E-state index in [1.165, 1.54) is 0 Å². The Hall–Kier alpha value is -3.03. The number of hydrogen-bond donors (Lipinski definition) is 3. The first-order valence-corrected chi connectivity index (χ1v) is 9.10. The SMILES string of the molecule is N#CC1=C(C2=CNCCC2)Nc2n[nH]cc2C1c1cccc(C#N)c1Br. The summed E-state index contributed by atoms with van der Waals surface area (Å²) in [5.74, 6) is 0.417. The molecule has 0 bridgehead atoms. The summed E-state index contributed by atoms with van der Waals surface area (Å²) < 4.78 is 0.712. The van der Waals surface area contributed by atoms with Crippen molar-refractivity contribution in [3.63, 3.8) is 0 Å². The zero-order chi connectivity index (χ0) is 18.1. The predicted octanol–water partition coefficient (Wildman–Crippen LogP) is 3.65. The number of allylic oxidation sites excluding steroid dienone is 2. The highest BCUT2D eigenvalue weighted by atomic mass is 79.9. The van der Waals surface area contributed by atoms with Crippen LogP contribution in [0.2, 0.25) is 0 Å². The van der Waals surface area contributed by atoms with Crippen LogP contribution in [-0.4, -0.2) is 16.7 Å². The Bertz CT molecular complexity index is 1020. The minimum absolute atomic E-state index is 0.296. The van der Waals surface area contributed by atoms with Gasteiger partial charge in [-0.3, -0.25) is 5.10 Å². The minimum Gasteiger partial charge on any atom is -0.391 e. The fourth-order valence-electron chi connectivity index (χ4n) is 3.51. The summed E-state index contributed by atoms with van der Waals surface area (Å²) in [6.45, 7) is 0.936. The van der Waals surface area contributed by atoms with E-state index in [1.807, 2.05) is 18.3 Å². The maximum Gasteiger partial charge on any atom is 0.156 e. The van der Waals surface area contributed by atoms with Gasteiger partial charge in [-0.1, -0.05) is 12.1 Å². The van der Waals surface area contributed by atoms with Crippen LogP contribution in [-0.2, 0) is 0 Å². The summed E-state index contributed by atoms with van der Waals surface area (Å²) in [5.41, 5.74) is 4.82. The summed E-state index contributed by atoms with van der Waals surface area (Å²) in [7, 11) is 0. The first-order chi connectivity index (χ1) is 12.7. The smallest absolute Gasteiger partial charge is 0.156 e. The number of rotatable bonds is 2. The molecule has 128 valence electrons. The van der Waals surface area contributed by atoms with E-state index in [0.29, 0.717) is 21.4 Å². The fourth-order valence-corrected chi connectivity index (χ4v) is 4.09. The largest absolute Gasteiger partial charge is 0.391 e. The zero-order valence-electron chi connectivity index (χ0n) is 13.8. The van der Waals surface area contributed by atoms with Gasteiger partial charge in [-0.15, -0.1) is 0 Å². The van der Waals surface area contributed by atoms with Crippen molar-refractivity contribution >= 4 is 21.7 Å². The minimum atomic E-state index is -0.296. The third-order valence-corrected chi connectivity index (χ3v) is 5.61. The number of aromatic nitrogens is 2. The lowest BCUT2D eigenvalue weighted by atomic mass is 9.81. The topological polar surface area (TPSA) is 100 Å². The van der Waals surface area contributed by atoms with Crippen LogP contribution in [0.1, 0.15) is 35.4 Å². The Morgan fingerprint density at radius 3 is 2.81 bits per heavy atom. The molecular weight excluding hydrogens is 392 g/mol. The maximum absolute atomic E-state index is 10.00. The van der Waals surface area contributed by atoms with Gasteiger partial charge in [0.15, 0.2) is 5.82 Å². The van der Waals surface area contributed by atoms with Crippen LogP contribution in [0.5, 0.6) is 0 Å². The van der Waals surface area contributed by atoms with Gasteiger partial charge in [0, 0.05) is 29.0 Å². The zero-order valence-corrected chi connectivity index (χ0v) is 15.4. The second-order valence-corrected chi connectivity index (χ2v) is 6.99. The van der Waals surface area contributed by atoms with Gasteiger partial charge in [0.25, 0.3) is 0 Å². The molecule has 1 unspecified atom stereocenters. The molecule has 2 aliphatic rings. The molecule has 6 nitrogen and oxygen atoms in total. The van der Waals surface area contributed by atoms with Crippen molar-refractivity contribution in [2.75, 3.05) is 11.9 Å². The highest BCUT2D eigenvalue weighted by Gasteiger charge is 2.34. The van der Waals surface area contributed by atoms with Crippen LogP contribution in [0.3, 0.4) is 0 Å². The molecule has 26 heavy (non-hydrogen) atoms. The molecule has 7 heteroatoms. The Kier molecular flexibility index (Phi) is 4.24. The number of hydrogen-bond acceptors (Lipinski definition) is 5. The van der Waals surface area contributed by atoms with Crippen LogP contribution >= 0.6 is 15.9 Å². The number of anilines is 1. The number of H-pyrrole nitrogens is 1. The van der Waals surface area contributed by atoms with E-state index in [9.17, 15) is 10.5 Å². The molecule has 0 saturated heterocycles. The number of nitrogens with one attached hydrogen (secondary N) is 3. The van der Waals surface area contributed by atoms with E-state index < -0.39 is 0 Å². The van der Waals surface area contributed by atoms with Gasteiger partial charge >= 0.3 is 0 Å². The quantitative estimate of drug-likeness (QED) is 0.706. The monoisotopic (exact) mass is 406 g/mol. The summed E-state index contributed by atoms with van der Waals surface area (Å²) in [4.78, 5) is 0. The van der Waals surface area contributed by atoms with E-state index in [1.54, 1.807) is 12.3 Å². The molecule has 0 spiro atoms. The summed E-state index contributed by atoms with van der Waals surface area (Å²) in [6.07, 6.45) is 5.69. The number of nitrogens with zero attached hydrogens (tertiary/aromatic N) is 3. The molecule has 3 N–H and O–H groups in total. The van der Waals surface area contributed by atoms with Crippen LogP contribution in [0.25, 0.3) is 0 Å². The Morgan fingerprint density at radius 2 is 2.08 bits per heavy atom. The first-order valence-electron chi connectivity index (χ1n) is 8.31. The molecule has 0 aliphatic carbocycles. The lowest BCUT2D eigenvalue weighted by Crippen LogP contribution is -2.23. The van der Waals surface area contributed by atoms with Crippen LogP contribution in [0.15, 0.2) is 51.9 Å². The standard InChI is InChI=1S/C19H15BrN6/c20-17-11(7-21)3-1-5-13(17)16-14(8-22)18(12-4-2-6-23-9-12)25-19-15(16)10-24-26-19/h1,3,5,9-10,16,23H,2,4,6H2,(H2,24,25,26). The third kappa shape index (κ3) is 2.58. The van der Waals surface area contributed by atoms with Gasteiger partial charge in [-0.05, 0) is 46.0 Å². The van der Waals surface area contributed by atoms with Gasteiger partial charge in [0.1, 0.15) is 6.07 Å². The predicted molar refractivity (Wildman–Crippen MR) is 101 cm³/mol. The van der Waals surface area contributed by atoms with Gasteiger partial charge in [0.2, 0.25) is 0 Å². The highest BCUT2D eigenvalue weighted by molar-refractivity contribution is 9.10. The van der Waals surface area contributed by atoms with Gasteiger partial charge in [-0.25, -0.2) is 0 Å². The molecule has 0 saturated carbocycles. The molecule has 3 heterocycles. The van der Waals surface area contributed by atoms with Crippen molar-refractivity contribution in [1.29, 1.82) is 10.5 Å². The van der Waals surface area contributed by atoms with E-state index in [0.717, 1.165) is 41.8 Å². The van der Waals surface area contributed by atoms with E-state index >= 15 is 0 Å². The molecule has 0 amide bonds. The number of nitriles is 2. The van der Waals surface area contributed by atoms with Gasteiger partial charge in [-0.2, -0.15) is 15.6 Å². The second kappa shape index (κ2) is 6.70. The molecule has 1 atom stereocenters. The Balaban J connectivity index is 1.95. The average Bonchev–Trinajstić information content (AvgIpc) is 3.16. The normalized spacial score (nSPS) is 18.7. The van der Waals surface area contributed by atoms with Crippen molar-refractivity contribution in [3.8, 4) is 12.1 Å².